The largest absolute Gasteiger partial charge is 0.507 e. The van der Waals surface area contributed by atoms with Gasteiger partial charge in [-0.3, -0.25) is 19.5 Å². The first kappa shape index (κ1) is 20.8. The van der Waals surface area contributed by atoms with Crippen LogP contribution in [0.1, 0.15) is 22.9 Å². The van der Waals surface area contributed by atoms with E-state index >= 15 is 0 Å². The van der Waals surface area contributed by atoms with Crippen molar-refractivity contribution in [3.8, 4) is 5.75 Å². The number of amides is 1. The molecule has 1 aliphatic heterocycles. The first-order chi connectivity index (χ1) is 14.9. The number of carbonyl (C=O) groups excluding carboxylic acids is 2. The van der Waals surface area contributed by atoms with Crippen LogP contribution in [0.2, 0.25) is 0 Å². The van der Waals surface area contributed by atoms with Crippen LogP contribution in [0.5, 0.6) is 5.75 Å². The van der Waals surface area contributed by atoms with Crippen LogP contribution in [0.4, 0.5) is 5.69 Å². The zero-order valence-corrected chi connectivity index (χ0v) is 18.5. The Bertz CT molecular complexity index is 1190. The monoisotopic (exact) mass is 478 g/mol. The summed E-state index contributed by atoms with van der Waals surface area (Å²) in [6.45, 7) is 1.94. The number of ketones is 1. The molecule has 156 valence electrons. The number of methoxy groups -OCH3 is 1. The molecule has 1 aliphatic rings. The summed E-state index contributed by atoms with van der Waals surface area (Å²) in [7, 11) is 1.54. The predicted molar refractivity (Wildman–Crippen MR) is 121 cm³/mol. The molecule has 4 rings (SSSR count). The van der Waals surface area contributed by atoms with Crippen LogP contribution in [-0.2, 0) is 9.59 Å². The average molecular weight is 479 g/mol. The molecule has 1 N–H and O–H groups in total. The molecule has 1 amide bonds. The van der Waals surface area contributed by atoms with Gasteiger partial charge < -0.3 is 9.84 Å². The highest BCUT2D eigenvalue weighted by molar-refractivity contribution is 9.10. The molecule has 1 fully saturated rings. The van der Waals surface area contributed by atoms with Gasteiger partial charge in [-0.1, -0.05) is 23.8 Å². The number of pyridine rings is 1. The standard InChI is InChI=1S/C24H19BrN2O4/c1-14-6-9-16(10-7-14)27-21(18-5-3-4-12-26-18)20(23(29)24(27)30)22(28)15-8-11-19(31-2)17(25)13-15/h3-13,21,28H,1-2H3/b22-20-. The number of ether oxygens (including phenoxy) is 1. The van der Waals surface area contributed by atoms with Crippen LogP contribution in [-0.4, -0.2) is 28.9 Å². The van der Waals surface area contributed by atoms with Crippen molar-refractivity contribution in [2.75, 3.05) is 12.0 Å². The van der Waals surface area contributed by atoms with Crippen molar-refractivity contribution in [3.63, 3.8) is 0 Å². The Morgan fingerprint density at radius 3 is 2.45 bits per heavy atom. The second-order valence-corrected chi connectivity index (χ2v) is 7.96. The highest BCUT2D eigenvalue weighted by Gasteiger charge is 2.47. The van der Waals surface area contributed by atoms with Gasteiger partial charge in [-0.25, -0.2) is 0 Å². The number of rotatable bonds is 4. The fourth-order valence-corrected chi connectivity index (χ4v) is 4.13. The molecular formula is C24H19BrN2O4. The summed E-state index contributed by atoms with van der Waals surface area (Å²) in [5, 5.41) is 11.1. The lowest BCUT2D eigenvalue weighted by Crippen LogP contribution is -2.29. The van der Waals surface area contributed by atoms with Crippen molar-refractivity contribution in [2.24, 2.45) is 0 Å². The van der Waals surface area contributed by atoms with Gasteiger partial charge in [0.1, 0.15) is 17.6 Å². The molecule has 2 heterocycles. The Hall–Kier alpha value is -3.45. The minimum atomic E-state index is -0.857. The van der Waals surface area contributed by atoms with Crippen LogP contribution in [0.15, 0.2) is 76.9 Å². The van der Waals surface area contributed by atoms with Gasteiger partial charge in [0.15, 0.2) is 0 Å². The van der Waals surface area contributed by atoms with E-state index in [0.717, 1.165) is 5.56 Å². The number of aliphatic hydroxyl groups is 1. The fraction of sp³-hybridized carbons (Fsp3) is 0.125. The first-order valence-electron chi connectivity index (χ1n) is 9.55. The van der Waals surface area contributed by atoms with Crippen molar-refractivity contribution < 1.29 is 19.4 Å². The topological polar surface area (TPSA) is 79.7 Å². The van der Waals surface area contributed by atoms with Gasteiger partial charge in [0.25, 0.3) is 11.7 Å². The normalized spacial score (nSPS) is 17.8. The molecule has 0 bridgehead atoms. The number of halogens is 1. The molecule has 1 saturated heterocycles. The van der Waals surface area contributed by atoms with Crippen molar-refractivity contribution >= 4 is 39.1 Å². The number of benzene rings is 2. The molecule has 3 aromatic rings. The lowest BCUT2D eigenvalue weighted by atomic mass is 9.98. The second kappa shape index (κ2) is 8.35. The van der Waals surface area contributed by atoms with E-state index in [2.05, 4.69) is 20.9 Å². The summed E-state index contributed by atoms with van der Waals surface area (Å²) >= 11 is 3.39. The molecule has 7 heteroatoms. The zero-order valence-electron chi connectivity index (χ0n) is 16.9. The molecule has 31 heavy (non-hydrogen) atoms. The van der Waals surface area contributed by atoms with Crippen LogP contribution >= 0.6 is 15.9 Å². The average Bonchev–Trinajstić information content (AvgIpc) is 3.05. The lowest BCUT2D eigenvalue weighted by Gasteiger charge is -2.24. The van der Waals surface area contributed by atoms with E-state index in [-0.39, 0.29) is 11.3 Å². The number of aryl methyl sites for hydroxylation is 1. The number of aliphatic hydroxyl groups excluding tert-OH is 1. The Labute approximate surface area is 187 Å². The molecule has 0 spiro atoms. The number of hydrogen-bond acceptors (Lipinski definition) is 5. The number of carbonyl (C=O) groups is 2. The van der Waals surface area contributed by atoms with Crippen LogP contribution in [0.25, 0.3) is 5.76 Å². The minimum absolute atomic E-state index is 0.0126. The highest BCUT2D eigenvalue weighted by Crippen LogP contribution is 2.42. The Morgan fingerprint density at radius 1 is 1.10 bits per heavy atom. The molecule has 1 aromatic heterocycles. The molecule has 2 aromatic carbocycles. The Morgan fingerprint density at radius 2 is 1.84 bits per heavy atom. The Balaban J connectivity index is 1.92. The first-order valence-corrected chi connectivity index (χ1v) is 10.3. The van der Waals surface area contributed by atoms with Gasteiger partial charge >= 0.3 is 0 Å². The van der Waals surface area contributed by atoms with Gasteiger partial charge in [0, 0.05) is 17.4 Å². The zero-order chi connectivity index (χ0) is 22.1. The summed E-state index contributed by atoms with van der Waals surface area (Å²) in [5.74, 6) is -1.17. The van der Waals surface area contributed by atoms with Crippen molar-refractivity contribution in [1.29, 1.82) is 0 Å². The SMILES string of the molecule is COc1ccc(/C(O)=C2/C(=O)C(=O)N(c3ccc(C)cc3)C2c2ccccn2)cc1Br. The predicted octanol–water partition coefficient (Wildman–Crippen LogP) is 4.79. The summed E-state index contributed by atoms with van der Waals surface area (Å²) in [5.41, 5.74) is 2.43. The van der Waals surface area contributed by atoms with E-state index in [4.69, 9.17) is 4.74 Å². The van der Waals surface area contributed by atoms with E-state index in [1.165, 1.54) is 12.0 Å². The third-order valence-electron chi connectivity index (χ3n) is 5.15. The number of Topliss-reactive ketones (excluding diaryl/α,β-unsaturated/α-hetero) is 1. The van der Waals surface area contributed by atoms with E-state index < -0.39 is 17.7 Å². The molecular weight excluding hydrogens is 460 g/mol. The van der Waals surface area contributed by atoms with E-state index in [0.29, 0.717) is 27.2 Å². The number of aromatic nitrogens is 1. The van der Waals surface area contributed by atoms with Gasteiger partial charge in [0.2, 0.25) is 0 Å². The molecule has 1 atom stereocenters. The van der Waals surface area contributed by atoms with Gasteiger partial charge in [0.05, 0.1) is 22.8 Å². The smallest absolute Gasteiger partial charge is 0.300 e. The third kappa shape index (κ3) is 3.72. The van der Waals surface area contributed by atoms with Crippen molar-refractivity contribution in [1.82, 2.24) is 4.98 Å². The number of anilines is 1. The van der Waals surface area contributed by atoms with E-state index in [1.807, 2.05) is 19.1 Å². The maximum Gasteiger partial charge on any atom is 0.300 e. The number of hydrogen-bond donors (Lipinski definition) is 1. The van der Waals surface area contributed by atoms with E-state index in [1.54, 1.807) is 54.7 Å². The molecule has 1 unspecified atom stereocenters. The van der Waals surface area contributed by atoms with Crippen LogP contribution < -0.4 is 9.64 Å². The quantitative estimate of drug-likeness (QED) is 0.331. The van der Waals surface area contributed by atoms with Crippen LogP contribution in [0.3, 0.4) is 0 Å². The summed E-state index contributed by atoms with van der Waals surface area (Å²) in [4.78, 5) is 31.9. The lowest BCUT2D eigenvalue weighted by molar-refractivity contribution is -0.132. The molecule has 0 radical (unpaired) electrons. The van der Waals surface area contributed by atoms with Crippen molar-refractivity contribution in [2.45, 2.75) is 13.0 Å². The second-order valence-electron chi connectivity index (χ2n) is 7.11. The molecule has 6 nitrogen and oxygen atoms in total. The third-order valence-corrected chi connectivity index (χ3v) is 5.77. The molecule has 0 saturated carbocycles. The summed E-state index contributed by atoms with van der Waals surface area (Å²) in [6, 6.07) is 16.6. The highest BCUT2D eigenvalue weighted by atomic mass is 79.9. The van der Waals surface area contributed by atoms with Gasteiger partial charge in [-0.2, -0.15) is 0 Å². The van der Waals surface area contributed by atoms with Gasteiger partial charge in [-0.05, 0) is 65.3 Å². The van der Waals surface area contributed by atoms with E-state index in [9.17, 15) is 14.7 Å². The minimum Gasteiger partial charge on any atom is -0.507 e. The Kier molecular flexibility index (Phi) is 5.61. The van der Waals surface area contributed by atoms with Crippen molar-refractivity contribution in [3.05, 3.63) is 93.7 Å². The van der Waals surface area contributed by atoms with Gasteiger partial charge in [-0.15, -0.1) is 0 Å². The summed E-state index contributed by atoms with van der Waals surface area (Å²) < 4.78 is 5.85. The maximum atomic E-state index is 13.1. The number of nitrogens with zero attached hydrogens (tertiary/aromatic N) is 2. The summed E-state index contributed by atoms with van der Waals surface area (Å²) in [6.07, 6.45) is 1.59. The fourth-order valence-electron chi connectivity index (χ4n) is 3.59. The maximum absolute atomic E-state index is 13.1. The van der Waals surface area contributed by atoms with Crippen LogP contribution in [0, 0.1) is 6.92 Å². The molecule has 0 aliphatic carbocycles.